The number of carbonyl (C=O) groups excluding carboxylic acids is 1. The third-order valence-electron chi connectivity index (χ3n) is 2.39. The van der Waals surface area contributed by atoms with Crippen LogP contribution in [0.3, 0.4) is 0 Å². The Hall–Kier alpha value is -0.730. The fraction of sp³-hybridized carbons (Fsp3) is 0. The van der Waals surface area contributed by atoms with E-state index < -0.39 is 0 Å². The lowest BCUT2D eigenvalue weighted by Gasteiger charge is -2.06. The Labute approximate surface area is 124 Å². The van der Waals surface area contributed by atoms with Gasteiger partial charge in [0.05, 0.1) is 15.1 Å². The van der Waals surface area contributed by atoms with Gasteiger partial charge in [-0.25, -0.2) is 0 Å². The van der Waals surface area contributed by atoms with Crippen LogP contribution in [0, 0.1) is 0 Å². The van der Waals surface area contributed by atoms with Crippen LogP contribution in [-0.4, -0.2) is 5.78 Å². The fourth-order valence-corrected chi connectivity index (χ4v) is 2.21. The highest BCUT2D eigenvalue weighted by Gasteiger charge is 2.16. The molecule has 1 nitrogen and oxygen atoms in total. The van der Waals surface area contributed by atoms with E-state index in [-0.39, 0.29) is 15.8 Å². The van der Waals surface area contributed by atoms with Gasteiger partial charge in [-0.15, -0.1) is 0 Å². The number of benzene rings is 2. The normalized spacial score (nSPS) is 10.4. The highest BCUT2D eigenvalue weighted by Crippen LogP contribution is 2.33. The molecule has 2 aromatic carbocycles. The summed E-state index contributed by atoms with van der Waals surface area (Å²) in [5.41, 5.74) is 0.799. The van der Waals surface area contributed by atoms with Crippen molar-refractivity contribution < 1.29 is 4.79 Å². The summed E-state index contributed by atoms with van der Waals surface area (Å²) in [6.07, 6.45) is 0. The Bertz CT molecular complexity index is 605. The molecule has 2 rings (SSSR count). The molecular weight excluding hydrogens is 314 g/mol. The molecule has 0 aliphatic heterocycles. The second kappa shape index (κ2) is 5.50. The van der Waals surface area contributed by atoms with Crippen molar-refractivity contribution in [1.29, 1.82) is 0 Å². The molecule has 0 heterocycles. The number of carbonyl (C=O) groups is 1. The standard InChI is InChI=1S/C13H6Cl4O/c14-8-3-1-7(2-4-8)13(18)9-5-6-10(15)12(17)11(9)16/h1-6H. The summed E-state index contributed by atoms with van der Waals surface area (Å²) < 4.78 is 0. The highest BCUT2D eigenvalue weighted by atomic mass is 35.5. The molecule has 0 N–H and O–H groups in total. The molecule has 0 fully saturated rings. The monoisotopic (exact) mass is 318 g/mol. The van der Waals surface area contributed by atoms with Gasteiger partial charge in [-0.05, 0) is 36.4 Å². The summed E-state index contributed by atoms with van der Waals surface area (Å²) in [7, 11) is 0. The minimum absolute atomic E-state index is 0.157. The van der Waals surface area contributed by atoms with Gasteiger partial charge in [0.1, 0.15) is 0 Å². The maximum absolute atomic E-state index is 12.2. The van der Waals surface area contributed by atoms with Crippen LogP contribution in [0.2, 0.25) is 20.1 Å². The molecule has 0 aliphatic rings. The molecule has 2 aromatic rings. The van der Waals surface area contributed by atoms with Crippen molar-refractivity contribution in [3.63, 3.8) is 0 Å². The third kappa shape index (κ3) is 2.65. The van der Waals surface area contributed by atoms with Crippen LogP contribution in [0.1, 0.15) is 15.9 Å². The zero-order chi connectivity index (χ0) is 13.3. The van der Waals surface area contributed by atoms with Crippen LogP contribution in [0.5, 0.6) is 0 Å². The van der Waals surface area contributed by atoms with E-state index >= 15 is 0 Å². The quantitative estimate of drug-likeness (QED) is 0.525. The van der Waals surface area contributed by atoms with Gasteiger partial charge in [0.15, 0.2) is 5.78 Å². The van der Waals surface area contributed by atoms with E-state index in [0.717, 1.165) is 0 Å². The van der Waals surface area contributed by atoms with Gasteiger partial charge in [-0.3, -0.25) is 4.79 Å². The Morgan fingerprint density at radius 3 is 2.00 bits per heavy atom. The number of ketones is 1. The zero-order valence-corrected chi connectivity index (χ0v) is 11.9. The lowest BCUT2D eigenvalue weighted by molar-refractivity contribution is 0.103. The van der Waals surface area contributed by atoms with Crippen LogP contribution < -0.4 is 0 Å². The van der Waals surface area contributed by atoms with E-state index in [1.807, 2.05) is 0 Å². The van der Waals surface area contributed by atoms with Gasteiger partial charge >= 0.3 is 0 Å². The van der Waals surface area contributed by atoms with E-state index in [9.17, 15) is 4.79 Å². The first-order chi connectivity index (χ1) is 8.50. The van der Waals surface area contributed by atoms with Crippen LogP contribution in [0.15, 0.2) is 36.4 Å². The van der Waals surface area contributed by atoms with Crippen LogP contribution in [0.4, 0.5) is 0 Å². The highest BCUT2D eigenvalue weighted by molar-refractivity contribution is 6.49. The van der Waals surface area contributed by atoms with E-state index in [1.54, 1.807) is 36.4 Å². The Kier molecular flexibility index (Phi) is 4.18. The van der Waals surface area contributed by atoms with E-state index in [1.165, 1.54) is 0 Å². The van der Waals surface area contributed by atoms with Crippen LogP contribution in [-0.2, 0) is 0 Å². The van der Waals surface area contributed by atoms with Gasteiger partial charge in [0, 0.05) is 16.1 Å². The molecule has 5 heteroatoms. The molecule has 0 saturated carbocycles. The number of halogens is 4. The van der Waals surface area contributed by atoms with Crippen molar-refractivity contribution in [2.75, 3.05) is 0 Å². The number of rotatable bonds is 2. The van der Waals surface area contributed by atoms with Crippen molar-refractivity contribution in [3.05, 3.63) is 67.6 Å². The lowest BCUT2D eigenvalue weighted by atomic mass is 10.0. The van der Waals surface area contributed by atoms with Gasteiger partial charge < -0.3 is 0 Å². The molecule has 92 valence electrons. The van der Waals surface area contributed by atoms with Crippen molar-refractivity contribution in [3.8, 4) is 0 Å². The summed E-state index contributed by atoms with van der Waals surface area (Å²) in [5.74, 6) is -0.227. The van der Waals surface area contributed by atoms with Crippen molar-refractivity contribution in [2.45, 2.75) is 0 Å². The Balaban J connectivity index is 2.46. The summed E-state index contributed by atoms with van der Waals surface area (Å²) in [5, 5.41) is 1.21. The molecule has 0 aromatic heterocycles. The second-order valence-electron chi connectivity index (χ2n) is 3.56. The molecule has 0 aliphatic carbocycles. The van der Waals surface area contributed by atoms with Crippen LogP contribution >= 0.6 is 46.4 Å². The number of hydrogen-bond donors (Lipinski definition) is 0. The smallest absolute Gasteiger partial charge is 0.194 e. The van der Waals surface area contributed by atoms with Gasteiger partial charge in [-0.2, -0.15) is 0 Å². The first-order valence-electron chi connectivity index (χ1n) is 4.94. The third-order valence-corrected chi connectivity index (χ3v) is 3.93. The minimum atomic E-state index is -0.227. The SMILES string of the molecule is O=C(c1ccc(Cl)cc1)c1ccc(Cl)c(Cl)c1Cl. The molecule has 0 amide bonds. The molecule has 18 heavy (non-hydrogen) atoms. The van der Waals surface area contributed by atoms with Gasteiger partial charge in [0.2, 0.25) is 0 Å². The van der Waals surface area contributed by atoms with Gasteiger partial charge in [0.25, 0.3) is 0 Å². The largest absolute Gasteiger partial charge is 0.289 e. The number of hydrogen-bond acceptors (Lipinski definition) is 1. The van der Waals surface area contributed by atoms with E-state index in [0.29, 0.717) is 21.2 Å². The average Bonchev–Trinajstić information content (AvgIpc) is 2.36. The Morgan fingerprint density at radius 2 is 1.39 bits per heavy atom. The maximum Gasteiger partial charge on any atom is 0.194 e. The topological polar surface area (TPSA) is 17.1 Å². The van der Waals surface area contributed by atoms with E-state index in [4.69, 9.17) is 46.4 Å². The van der Waals surface area contributed by atoms with Crippen molar-refractivity contribution in [2.24, 2.45) is 0 Å². The molecule has 0 radical (unpaired) electrons. The van der Waals surface area contributed by atoms with Crippen molar-refractivity contribution in [1.82, 2.24) is 0 Å². The molecule has 0 atom stereocenters. The first kappa shape index (κ1) is 13.7. The van der Waals surface area contributed by atoms with Crippen molar-refractivity contribution >= 4 is 52.2 Å². The second-order valence-corrected chi connectivity index (χ2v) is 5.16. The maximum atomic E-state index is 12.2. The molecule has 0 spiro atoms. The lowest BCUT2D eigenvalue weighted by Crippen LogP contribution is -2.02. The summed E-state index contributed by atoms with van der Waals surface area (Å²) in [6, 6.07) is 9.62. The minimum Gasteiger partial charge on any atom is -0.289 e. The molecule has 0 bridgehead atoms. The Morgan fingerprint density at radius 1 is 0.778 bits per heavy atom. The summed E-state index contributed by atoms with van der Waals surface area (Å²) in [4.78, 5) is 12.2. The molecule has 0 saturated heterocycles. The predicted octanol–water partition coefficient (Wildman–Crippen LogP) is 5.53. The van der Waals surface area contributed by atoms with E-state index in [2.05, 4.69) is 0 Å². The molecule has 0 unspecified atom stereocenters. The van der Waals surface area contributed by atoms with Gasteiger partial charge in [-0.1, -0.05) is 46.4 Å². The summed E-state index contributed by atoms with van der Waals surface area (Å²) in [6.45, 7) is 0. The first-order valence-corrected chi connectivity index (χ1v) is 6.45. The fourth-order valence-electron chi connectivity index (χ4n) is 1.46. The molecular formula is C13H6Cl4O. The van der Waals surface area contributed by atoms with Crippen LogP contribution in [0.25, 0.3) is 0 Å². The average molecular weight is 320 g/mol. The zero-order valence-electron chi connectivity index (χ0n) is 8.88. The predicted molar refractivity (Wildman–Crippen MR) is 76.4 cm³/mol. The summed E-state index contributed by atoms with van der Waals surface area (Å²) >= 11 is 23.5.